The quantitative estimate of drug-likeness (QED) is 0.478. The lowest BCUT2D eigenvalue weighted by molar-refractivity contribution is 0.573. The number of nitrogens with zero attached hydrogens (tertiary/aromatic N) is 5. The molecule has 0 N–H and O–H groups in total. The van der Waals surface area contributed by atoms with E-state index in [1.807, 2.05) is 32.0 Å². The summed E-state index contributed by atoms with van der Waals surface area (Å²) in [6.45, 7) is 3.92. The summed E-state index contributed by atoms with van der Waals surface area (Å²) in [7, 11) is 0. The summed E-state index contributed by atoms with van der Waals surface area (Å²) in [5.74, 6) is 1.46. The van der Waals surface area contributed by atoms with E-state index in [1.165, 1.54) is 23.9 Å². The van der Waals surface area contributed by atoms with E-state index in [4.69, 9.17) is 4.42 Å². The zero-order chi connectivity index (χ0) is 18.8. The molecule has 1 aromatic carbocycles. The first-order valence-electron chi connectivity index (χ1n) is 8.29. The minimum Gasteiger partial charge on any atom is -0.444 e. The van der Waals surface area contributed by atoms with Crippen LogP contribution >= 0.6 is 11.8 Å². The average molecular weight is 381 g/mol. The van der Waals surface area contributed by atoms with E-state index in [0.717, 1.165) is 27.7 Å². The molecule has 4 rings (SSSR count). The van der Waals surface area contributed by atoms with E-state index >= 15 is 0 Å². The van der Waals surface area contributed by atoms with Crippen molar-refractivity contribution in [1.82, 2.24) is 25.0 Å². The molecular formula is C19H16FN5OS. The summed E-state index contributed by atoms with van der Waals surface area (Å²) in [6.07, 6.45) is 1.60. The zero-order valence-electron chi connectivity index (χ0n) is 14.8. The van der Waals surface area contributed by atoms with E-state index in [2.05, 4.69) is 20.3 Å². The van der Waals surface area contributed by atoms with Gasteiger partial charge < -0.3 is 4.42 Å². The van der Waals surface area contributed by atoms with Crippen LogP contribution in [0.2, 0.25) is 0 Å². The number of oxazole rings is 1. The van der Waals surface area contributed by atoms with Crippen LogP contribution in [0.5, 0.6) is 0 Å². The lowest BCUT2D eigenvalue weighted by Crippen LogP contribution is -2.03. The van der Waals surface area contributed by atoms with Gasteiger partial charge in [0.15, 0.2) is 5.82 Å². The third-order valence-electron chi connectivity index (χ3n) is 3.86. The Labute approximate surface area is 159 Å². The minimum atomic E-state index is -0.288. The maximum absolute atomic E-state index is 13.0. The minimum absolute atomic E-state index is 0.288. The van der Waals surface area contributed by atoms with Crippen molar-refractivity contribution in [2.24, 2.45) is 0 Å². The molecule has 0 atom stereocenters. The molecule has 0 aliphatic heterocycles. The Balaban J connectivity index is 1.42. The third kappa shape index (κ3) is 3.90. The molecule has 0 saturated carbocycles. The van der Waals surface area contributed by atoms with Gasteiger partial charge in [-0.2, -0.15) is 5.10 Å². The predicted octanol–water partition coefficient (Wildman–Crippen LogP) is 4.37. The van der Waals surface area contributed by atoms with Crippen LogP contribution < -0.4 is 0 Å². The molecule has 8 heteroatoms. The molecule has 0 radical (unpaired) electrons. The first kappa shape index (κ1) is 17.4. The van der Waals surface area contributed by atoms with Crippen LogP contribution in [0.25, 0.3) is 17.3 Å². The highest BCUT2D eigenvalue weighted by molar-refractivity contribution is 7.98. The molecule has 27 heavy (non-hydrogen) atoms. The van der Waals surface area contributed by atoms with Gasteiger partial charge >= 0.3 is 0 Å². The maximum atomic E-state index is 13.0. The fraction of sp³-hybridized carbons (Fsp3) is 0.158. The molecule has 0 unspecified atom stereocenters. The fourth-order valence-corrected chi connectivity index (χ4v) is 3.30. The monoisotopic (exact) mass is 381 g/mol. The van der Waals surface area contributed by atoms with Crippen molar-refractivity contribution >= 4 is 11.8 Å². The number of hydrogen-bond acceptors (Lipinski definition) is 6. The van der Waals surface area contributed by atoms with Gasteiger partial charge in [0.1, 0.15) is 17.1 Å². The molecular weight excluding hydrogens is 365 g/mol. The van der Waals surface area contributed by atoms with Crippen molar-refractivity contribution in [3.05, 3.63) is 71.6 Å². The number of aromatic nitrogens is 5. The number of aryl methyl sites for hydroxylation is 2. The third-order valence-corrected chi connectivity index (χ3v) is 4.82. The van der Waals surface area contributed by atoms with Gasteiger partial charge in [-0.05, 0) is 56.3 Å². The summed E-state index contributed by atoms with van der Waals surface area (Å²) < 4.78 is 20.2. The molecule has 3 heterocycles. The van der Waals surface area contributed by atoms with Crippen molar-refractivity contribution in [1.29, 1.82) is 0 Å². The molecule has 4 aromatic rings. The first-order chi connectivity index (χ1) is 13.1. The Morgan fingerprint density at radius 2 is 1.89 bits per heavy atom. The second-order valence-electron chi connectivity index (χ2n) is 6.01. The van der Waals surface area contributed by atoms with Gasteiger partial charge in [-0.1, -0.05) is 11.8 Å². The average Bonchev–Trinajstić information content (AvgIpc) is 3.27. The highest BCUT2D eigenvalue weighted by Gasteiger charge is 2.09. The molecule has 136 valence electrons. The van der Waals surface area contributed by atoms with Crippen LogP contribution in [0.15, 0.2) is 58.2 Å². The molecule has 0 bridgehead atoms. The second-order valence-corrected chi connectivity index (χ2v) is 7.00. The summed E-state index contributed by atoms with van der Waals surface area (Å²) in [5, 5.41) is 13.7. The second kappa shape index (κ2) is 7.32. The van der Waals surface area contributed by atoms with Crippen LogP contribution in [0, 0.1) is 19.7 Å². The molecule has 0 aliphatic rings. The van der Waals surface area contributed by atoms with Crippen molar-refractivity contribution in [2.45, 2.75) is 24.6 Å². The van der Waals surface area contributed by atoms with Gasteiger partial charge in [-0.3, -0.25) is 0 Å². The van der Waals surface area contributed by atoms with E-state index in [-0.39, 0.29) is 5.82 Å². The smallest absolute Gasteiger partial charge is 0.226 e. The van der Waals surface area contributed by atoms with Crippen molar-refractivity contribution in [2.75, 3.05) is 0 Å². The van der Waals surface area contributed by atoms with E-state index in [1.54, 1.807) is 23.1 Å². The van der Waals surface area contributed by atoms with Crippen LogP contribution in [0.1, 0.15) is 17.1 Å². The normalized spacial score (nSPS) is 11.1. The van der Waals surface area contributed by atoms with Gasteiger partial charge in [0.2, 0.25) is 5.89 Å². The van der Waals surface area contributed by atoms with Crippen molar-refractivity contribution in [3.63, 3.8) is 0 Å². The van der Waals surface area contributed by atoms with Gasteiger partial charge in [0.05, 0.1) is 11.4 Å². The maximum Gasteiger partial charge on any atom is 0.226 e. The summed E-state index contributed by atoms with van der Waals surface area (Å²) in [4.78, 5) is 4.43. The largest absolute Gasteiger partial charge is 0.444 e. The molecule has 0 saturated heterocycles. The van der Waals surface area contributed by atoms with Gasteiger partial charge in [0, 0.05) is 17.0 Å². The predicted molar refractivity (Wildman–Crippen MR) is 100 cm³/mol. The molecule has 0 aliphatic carbocycles. The Morgan fingerprint density at radius 1 is 1.07 bits per heavy atom. The zero-order valence-corrected chi connectivity index (χ0v) is 15.6. The lowest BCUT2D eigenvalue weighted by Gasteiger charge is -2.03. The van der Waals surface area contributed by atoms with E-state index in [0.29, 0.717) is 17.5 Å². The Morgan fingerprint density at radius 3 is 2.56 bits per heavy atom. The number of halogens is 1. The number of rotatable bonds is 5. The van der Waals surface area contributed by atoms with Gasteiger partial charge in [-0.15, -0.1) is 10.2 Å². The van der Waals surface area contributed by atoms with Crippen LogP contribution in [0.3, 0.4) is 0 Å². The Kier molecular flexibility index (Phi) is 4.72. The highest BCUT2D eigenvalue weighted by atomic mass is 32.2. The molecule has 0 amide bonds. The highest BCUT2D eigenvalue weighted by Crippen LogP contribution is 2.24. The fourth-order valence-electron chi connectivity index (χ4n) is 2.61. The molecule has 0 fully saturated rings. The number of hydrogen-bond donors (Lipinski definition) is 0. The van der Waals surface area contributed by atoms with Crippen LogP contribution in [0.4, 0.5) is 4.39 Å². The number of benzene rings is 1. The topological polar surface area (TPSA) is 69.6 Å². The molecule has 6 nitrogen and oxygen atoms in total. The SMILES string of the molecule is Cc1cc(C)n(-c2ccc(SCc3coc(-c4ccc(F)cc4)n3)nn2)n1. The Hall–Kier alpha value is -3.00. The first-order valence-corrected chi connectivity index (χ1v) is 9.27. The van der Waals surface area contributed by atoms with Gasteiger partial charge in [-0.25, -0.2) is 14.1 Å². The van der Waals surface area contributed by atoms with E-state index in [9.17, 15) is 4.39 Å². The lowest BCUT2D eigenvalue weighted by atomic mass is 10.2. The van der Waals surface area contributed by atoms with Crippen molar-refractivity contribution in [3.8, 4) is 17.3 Å². The summed E-state index contributed by atoms with van der Waals surface area (Å²) in [6, 6.07) is 11.8. The summed E-state index contributed by atoms with van der Waals surface area (Å²) in [5.41, 5.74) is 3.47. The van der Waals surface area contributed by atoms with Crippen molar-refractivity contribution < 1.29 is 8.81 Å². The standard InChI is InChI=1S/C19H16FN5OS/c1-12-9-13(2)25(24-12)17-7-8-18(23-22-17)27-11-16-10-26-19(21-16)14-3-5-15(20)6-4-14/h3-10H,11H2,1-2H3. The van der Waals surface area contributed by atoms with E-state index < -0.39 is 0 Å². The van der Waals surface area contributed by atoms with Gasteiger partial charge in [0.25, 0.3) is 0 Å². The number of thioether (sulfide) groups is 1. The Bertz CT molecular complexity index is 1060. The molecule has 3 aromatic heterocycles. The van der Waals surface area contributed by atoms with Crippen LogP contribution in [-0.4, -0.2) is 25.0 Å². The summed E-state index contributed by atoms with van der Waals surface area (Å²) >= 11 is 1.51. The molecule has 0 spiro atoms. The van der Waals surface area contributed by atoms with Crippen LogP contribution in [-0.2, 0) is 5.75 Å².